The van der Waals surface area contributed by atoms with Gasteiger partial charge in [0, 0.05) is 23.6 Å². The summed E-state index contributed by atoms with van der Waals surface area (Å²) in [6.07, 6.45) is 1.78. The van der Waals surface area contributed by atoms with E-state index in [1.807, 2.05) is 36.1 Å². The van der Waals surface area contributed by atoms with Gasteiger partial charge in [-0.25, -0.2) is 0 Å². The van der Waals surface area contributed by atoms with E-state index < -0.39 is 6.10 Å². The van der Waals surface area contributed by atoms with Gasteiger partial charge < -0.3 is 15.4 Å². The Morgan fingerprint density at radius 3 is 2.86 bits per heavy atom. The maximum atomic E-state index is 12.5. The smallest absolute Gasteiger partial charge is 0.263 e. The number of hydrogen-bond donors (Lipinski definition) is 1. The van der Waals surface area contributed by atoms with Gasteiger partial charge in [-0.1, -0.05) is 22.0 Å². The molecule has 22 heavy (non-hydrogen) atoms. The summed E-state index contributed by atoms with van der Waals surface area (Å²) in [6.45, 7) is 3.44. The minimum absolute atomic E-state index is 0. The molecule has 1 heterocycles. The molecule has 0 spiro atoms. The highest BCUT2D eigenvalue weighted by Gasteiger charge is 2.43. The van der Waals surface area contributed by atoms with Crippen LogP contribution in [-0.4, -0.2) is 36.0 Å². The summed E-state index contributed by atoms with van der Waals surface area (Å²) >= 11 is 3.41. The maximum Gasteiger partial charge on any atom is 0.263 e. The van der Waals surface area contributed by atoms with Gasteiger partial charge in [0.15, 0.2) is 6.10 Å². The molecule has 1 aromatic rings. The van der Waals surface area contributed by atoms with Crippen LogP contribution in [0.25, 0.3) is 0 Å². The number of carbonyl (C=O) groups excluding carboxylic acids is 1. The molecular formula is C16H22BrClN2O2. The molecule has 1 saturated heterocycles. The molecule has 122 valence electrons. The lowest BCUT2D eigenvalue weighted by atomic mass is 9.98. The first kappa shape index (κ1) is 17.6. The second-order valence-electron chi connectivity index (χ2n) is 6.13. The number of nitrogens with two attached hydrogens (primary N) is 1. The van der Waals surface area contributed by atoms with E-state index in [1.54, 1.807) is 0 Å². The second-order valence-corrected chi connectivity index (χ2v) is 7.04. The van der Waals surface area contributed by atoms with Crippen LogP contribution in [0.3, 0.4) is 0 Å². The predicted molar refractivity (Wildman–Crippen MR) is 92.2 cm³/mol. The molecule has 2 N–H and O–H groups in total. The predicted octanol–water partition coefficient (Wildman–Crippen LogP) is 2.83. The first-order valence-corrected chi connectivity index (χ1v) is 8.30. The number of carbonyl (C=O) groups is 1. The van der Waals surface area contributed by atoms with Gasteiger partial charge in [0.05, 0.1) is 0 Å². The molecule has 4 atom stereocenters. The van der Waals surface area contributed by atoms with E-state index in [2.05, 4.69) is 15.9 Å². The molecule has 4 unspecified atom stereocenters. The number of rotatable bonds is 3. The van der Waals surface area contributed by atoms with Gasteiger partial charge in [-0.2, -0.15) is 0 Å². The molecular weight excluding hydrogens is 368 g/mol. The number of nitrogens with zero attached hydrogens (tertiary/aromatic N) is 1. The van der Waals surface area contributed by atoms with E-state index in [-0.39, 0.29) is 24.4 Å². The maximum absolute atomic E-state index is 12.5. The normalized spacial score (nSPS) is 28.0. The number of halogens is 2. The van der Waals surface area contributed by atoms with Crippen LogP contribution in [-0.2, 0) is 4.79 Å². The fourth-order valence-corrected chi connectivity index (χ4v) is 3.92. The molecule has 0 radical (unpaired) electrons. The van der Waals surface area contributed by atoms with Crippen LogP contribution in [0.1, 0.15) is 19.8 Å². The Morgan fingerprint density at radius 2 is 2.18 bits per heavy atom. The first-order valence-electron chi connectivity index (χ1n) is 7.51. The quantitative estimate of drug-likeness (QED) is 0.865. The highest BCUT2D eigenvalue weighted by Crippen LogP contribution is 2.37. The van der Waals surface area contributed by atoms with E-state index >= 15 is 0 Å². The summed E-state index contributed by atoms with van der Waals surface area (Å²) in [5.74, 6) is 1.84. The zero-order valence-corrected chi connectivity index (χ0v) is 15.0. The van der Waals surface area contributed by atoms with Crippen molar-refractivity contribution >= 4 is 34.2 Å². The van der Waals surface area contributed by atoms with Crippen molar-refractivity contribution in [3.63, 3.8) is 0 Å². The molecule has 0 aromatic heterocycles. The molecule has 2 aliphatic rings. The summed E-state index contributed by atoms with van der Waals surface area (Å²) in [5.41, 5.74) is 6.12. The summed E-state index contributed by atoms with van der Waals surface area (Å²) < 4.78 is 6.71. The second kappa shape index (κ2) is 7.20. The molecule has 1 aliphatic carbocycles. The highest BCUT2D eigenvalue weighted by atomic mass is 79.9. The molecule has 2 fully saturated rings. The van der Waals surface area contributed by atoms with E-state index in [1.165, 1.54) is 0 Å². The van der Waals surface area contributed by atoms with Gasteiger partial charge in [0.25, 0.3) is 5.91 Å². The Morgan fingerprint density at radius 1 is 1.41 bits per heavy atom. The standard InChI is InChI=1S/C16H21BrN2O2.ClH/c1-10(21-13-4-2-3-12(17)7-13)16(20)19-8-11-5-6-15(18)14(11)9-19;/h2-4,7,10-11,14-15H,5-6,8-9,18H2,1H3;1H. The van der Waals surface area contributed by atoms with Gasteiger partial charge in [-0.3, -0.25) is 4.79 Å². The fourth-order valence-electron chi connectivity index (χ4n) is 3.54. The highest BCUT2D eigenvalue weighted by molar-refractivity contribution is 9.10. The number of benzene rings is 1. The number of amides is 1. The largest absolute Gasteiger partial charge is 0.481 e. The summed E-state index contributed by atoms with van der Waals surface area (Å²) in [4.78, 5) is 14.4. The molecule has 1 amide bonds. The molecule has 1 saturated carbocycles. The SMILES string of the molecule is CC(Oc1cccc(Br)c1)C(=O)N1CC2CCC(N)C2C1.Cl. The lowest BCUT2D eigenvalue weighted by Gasteiger charge is -2.23. The number of fused-ring (bicyclic) bond motifs is 1. The zero-order chi connectivity index (χ0) is 15.0. The van der Waals surface area contributed by atoms with Crippen LogP contribution in [0.5, 0.6) is 5.75 Å². The van der Waals surface area contributed by atoms with Gasteiger partial charge in [-0.15, -0.1) is 12.4 Å². The zero-order valence-electron chi connectivity index (χ0n) is 12.6. The van der Waals surface area contributed by atoms with Crippen LogP contribution in [0.4, 0.5) is 0 Å². The van der Waals surface area contributed by atoms with Crippen LogP contribution >= 0.6 is 28.3 Å². The van der Waals surface area contributed by atoms with Crippen LogP contribution < -0.4 is 10.5 Å². The van der Waals surface area contributed by atoms with Crippen molar-refractivity contribution in [3.8, 4) is 5.75 Å². The molecule has 1 aliphatic heterocycles. The average Bonchev–Trinajstić information content (AvgIpc) is 3.00. The third kappa shape index (κ3) is 3.58. The van der Waals surface area contributed by atoms with Crippen LogP contribution in [0.15, 0.2) is 28.7 Å². The third-order valence-electron chi connectivity index (χ3n) is 4.68. The Labute approximate surface area is 145 Å². The van der Waals surface area contributed by atoms with Crippen molar-refractivity contribution in [2.24, 2.45) is 17.6 Å². The van der Waals surface area contributed by atoms with Crippen molar-refractivity contribution in [2.45, 2.75) is 31.9 Å². The Hall–Kier alpha value is -0.780. The molecule has 6 heteroatoms. The molecule has 4 nitrogen and oxygen atoms in total. The molecule has 1 aromatic carbocycles. The van der Waals surface area contributed by atoms with Gasteiger partial charge >= 0.3 is 0 Å². The van der Waals surface area contributed by atoms with E-state index in [0.717, 1.165) is 30.4 Å². The van der Waals surface area contributed by atoms with Gasteiger partial charge in [0.1, 0.15) is 5.75 Å². The van der Waals surface area contributed by atoms with Crippen molar-refractivity contribution in [1.82, 2.24) is 4.90 Å². The number of ether oxygens (including phenoxy) is 1. The number of likely N-dealkylation sites (tertiary alicyclic amines) is 1. The lowest BCUT2D eigenvalue weighted by molar-refractivity contribution is -0.137. The fraction of sp³-hybridized carbons (Fsp3) is 0.562. The van der Waals surface area contributed by atoms with Crippen molar-refractivity contribution in [2.75, 3.05) is 13.1 Å². The summed E-state index contributed by atoms with van der Waals surface area (Å²) in [7, 11) is 0. The Bertz CT molecular complexity index is 543. The first-order chi connectivity index (χ1) is 10.0. The minimum atomic E-state index is -0.464. The molecule has 3 rings (SSSR count). The summed E-state index contributed by atoms with van der Waals surface area (Å²) in [5, 5.41) is 0. The Balaban J connectivity index is 0.00000176. The third-order valence-corrected chi connectivity index (χ3v) is 5.17. The van der Waals surface area contributed by atoms with Crippen molar-refractivity contribution in [1.29, 1.82) is 0 Å². The topological polar surface area (TPSA) is 55.6 Å². The minimum Gasteiger partial charge on any atom is -0.481 e. The lowest BCUT2D eigenvalue weighted by Crippen LogP contribution is -2.40. The van der Waals surface area contributed by atoms with Crippen LogP contribution in [0.2, 0.25) is 0 Å². The average molecular weight is 390 g/mol. The van der Waals surface area contributed by atoms with Crippen molar-refractivity contribution < 1.29 is 9.53 Å². The van der Waals surface area contributed by atoms with Gasteiger partial charge in [0.2, 0.25) is 0 Å². The van der Waals surface area contributed by atoms with Crippen molar-refractivity contribution in [3.05, 3.63) is 28.7 Å². The van der Waals surface area contributed by atoms with E-state index in [9.17, 15) is 4.79 Å². The summed E-state index contributed by atoms with van der Waals surface area (Å²) in [6, 6.07) is 7.83. The molecule has 0 bridgehead atoms. The van der Waals surface area contributed by atoms with Crippen LogP contribution in [0, 0.1) is 11.8 Å². The van der Waals surface area contributed by atoms with Gasteiger partial charge in [-0.05, 0) is 49.8 Å². The van der Waals surface area contributed by atoms with E-state index in [0.29, 0.717) is 17.6 Å². The monoisotopic (exact) mass is 388 g/mol. The van der Waals surface area contributed by atoms with E-state index in [4.69, 9.17) is 10.5 Å². The Kier molecular flexibility index (Phi) is 5.75. The number of hydrogen-bond acceptors (Lipinski definition) is 3.